The summed E-state index contributed by atoms with van der Waals surface area (Å²) in [6.45, 7) is 5.31. The third kappa shape index (κ3) is 8.13. The molecule has 0 saturated carbocycles. The molecule has 194 valence electrons. The van der Waals surface area contributed by atoms with Gasteiger partial charge in [-0.1, -0.05) is 24.7 Å². The first-order valence-corrected chi connectivity index (χ1v) is 12.1. The number of carbonyl (C=O) groups is 2. The van der Waals surface area contributed by atoms with Crippen LogP contribution in [0.1, 0.15) is 54.9 Å². The molecule has 0 unspecified atom stereocenters. The number of nitrogens with one attached hydrogen (secondary N) is 3. The van der Waals surface area contributed by atoms with Crippen LogP contribution in [0, 0.1) is 23.7 Å². The summed E-state index contributed by atoms with van der Waals surface area (Å²) in [6, 6.07) is 5.57. The van der Waals surface area contributed by atoms with Crippen molar-refractivity contribution in [3.63, 3.8) is 0 Å². The number of amides is 2. The second kappa shape index (κ2) is 13.7. The Balaban J connectivity index is 1.84. The molecule has 10 nitrogen and oxygen atoms in total. The Morgan fingerprint density at radius 3 is 2.65 bits per heavy atom. The fourth-order valence-electron chi connectivity index (χ4n) is 3.69. The molecule has 0 radical (unpaired) electrons. The number of carbonyl (C=O) groups excluding carboxylic acids is 2. The standard InChI is InChI=1S/C27H32N6O4/c1-4-8-23(34)29-12-7-6-9-18-15-20(17-21(16-18)36-3)31-27-24(25(28)35)32-22(5-2)26(33-27)30-19-10-13-37-14-11-19/h15-17,19H,5,7,10-14H2,1-3H3,(H2,28,35)(H,29,34)(H2,30,31,33). The Hall–Kier alpha value is -4.28. The van der Waals surface area contributed by atoms with E-state index in [0.717, 1.165) is 12.8 Å². The minimum atomic E-state index is -0.681. The zero-order valence-corrected chi connectivity index (χ0v) is 21.4. The fourth-order valence-corrected chi connectivity index (χ4v) is 3.69. The summed E-state index contributed by atoms with van der Waals surface area (Å²) in [5.41, 5.74) is 7.65. The van der Waals surface area contributed by atoms with E-state index in [2.05, 4.69) is 44.6 Å². The van der Waals surface area contributed by atoms with Crippen LogP contribution in [0.25, 0.3) is 0 Å². The van der Waals surface area contributed by atoms with Crippen LogP contribution in [-0.4, -0.2) is 54.7 Å². The highest BCUT2D eigenvalue weighted by Gasteiger charge is 2.21. The summed E-state index contributed by atoms with van der Waals surface area (Å²) < 4.78 is 10.9. The topological polar surface area (TPSA) is 140 Å². The highest BCUT2D eigenvalue weighted by Crippen LogP contribution is 2.27. The van der Waals surface area contributed by atoms with Crippen molar-refractivity contribution in [1.82, 2.24) is 15.3 Å². The zero-order chi connectivity index (χ0) is 26.6. The first-order valence-electron chi connectivity index (χ1n) is 12.1. The molecule has 3 rings (SSSR count). The van der Waals surface area contributed by atoms with Gasteiger partial charge in [-0.2, -0.15) is 0 Å². The number of primary amides is 1. The Labute approximate surface area is 217 Å². The van der Waals surface area contributed by atoms with Gasteiger partial charge >= 0.3 is 0 Å². The van der Waals surface area contributed by atoms with Gasteiger partial charge in [0.25, 0.3) is 11.8 Å². The van der Waals surface area contributed by atoms with Gasteiger partial charge in [-0.05, 0) is 44.2 Å². The molecule has 2 aromatic rings. The van der Waals surface area contributed by atoms with E-state index in [1.54, 1.807) is 26.2 Å². The summed E-state index contributed by atoms with van der Waals surface area (Å²) >= 11 is 0. The Bertz CT molecular complexity index is 1250. The van der Waals surface area contributed by atoms with Gasteiger partial charge in [0.15, 0.2) is 17.3 Å². The summed E-state index contributed by atoms with van der Waals surface area (Å²) in [6.07, 6.45) is 2.76. The monoisotopic (exact) mass is 504 g/mol. The van der Waals surface area contributed by atoms with E-state index in [1.807, 2.05) is 13.0 Å². The minimum Gasteiger partial charge on any atom is -0.497 e. The number of hydrogen-bond donors (Lipinski definition) is 4. The van der Waals surface area contributed by atoms with Gasteiger partial charge < -0.3 is 31.2 Å². The first kappa shape index (κ1) is 27.3. The smallest absolute Gasteiger partial charge is 0.295 e. The van der Waals surface area contributed by atoms with E-state index < -0.39 is 5.91 Å². The van der Waals surface area contributed by atoms with Crippen molar-refractivity contribution in [3.05, 3.63) is 35.2 Å². The summed E-state index contributed by atoms with van der Waals surface area (Å²) in [5.74, 6) is 11.5. The minimum absolute atomic E-state index is 0.0516. The van der Waals surface area contributed by atoms with Crippen LogP contribution in [0.2, 0.25) is 0 Å². The predicted octanol–water partition coefficient (Wildman–Crippen LogP) is 2.36. The molecule has 10 heteroatoms. The van der Waals surface area contributed by atoms with Crippen LogP contribution in [0.3, 0.4) is 0 Å². The van der Waals surface area contributed by atoms with Crippen molar-refractivity contribution in [1.29, 1.82) is 0 Å². The lowest BCUT2D eigenvalue weighted by molar-refractivity contribution is -0.115. The number of anilines is 3. The molecule has 0 aliphatic carbocycles. The molecule has 1 saturated heterocycles. The Morgan fingerprint density at radius 1 is 1.19 bits per heavy atom. The highest BCUT2D eigenvalue weighted by atomic mass is 16.5. The fraction of sp³-hybridized carbons (Fsp3) is 0.407. The lowest BCUT2D eigenvalue weighted by Crippen LogP contribution is -2.29. The van der Waals surface area contributed by atoms with Gasteiger partial charge in [0.1, 0.15) is 5.75 Å². The van der Waals surface area contributed by atoms with Gasteiger partial charge in [0, 0.05) is 49.5 Å². The molecule has 5 N–H and O–H groups in total. The Kier molecular flexibility index (Phi) is 10.1. The largest absolute Gasteiger partial charge is 0.497 e. The molecule has 0 spiro atoms. The van der Waals surface area contributed by atoms with Crippen LogP contribution < -0.4 is 26.4 Å². The molecule has 1 aromatic heterocycles. The summed E-state index contributed by atoms with van der Waals surface area (Å²) in [7, 11) is 1.56. The summed E-state index contributed by atoms with van der Waals surface area (Å²) in [5, 5.41) is 9.29. The normalized spacial score (nSPS) is 12.8. The molecule has 0 atom stereocenters. The number of hydrogen-bond acceptors (Lipinski definition) is 8. The number of benzene rings is 1. The third-order valence-corrected chi connectivity index (χ3v) is 5.51. The number of rotatable bonds is 9. The van der Waals surface area contributed by atoms with Crippen LogP contribution in [0.4, 0.5) is 17.3 Å². The van der Waals surface area contributed by atoms with E-state index in [-0.39, 0.29) is 23.5 Å². The number of ether oxygens (including phenoxy) is 2. The van der Waals surface area contributed by atoms with Crippen molar-refractivity contribution >= 4 is 29.1 Å². The zero-order valence-electron chi connectivity index (χ0n) is 21.4. The van der Waals surface area contributed by atoms with Crippen LogP contribution in [-0.2, 0) is 16.0 Å². The molecular formula is C27H32N6O4. The van der Waals surface area contributed by atoms with Gasteiger partial charge in [0.05, 0.1) is 12.8 Å². The van der Waals surface area contributed by atoms with Crippen molar-refractivity contribution in [3.8, 4) is 29.4 Å². The van der Waals surface area contributed by atoms with E-state index in [9.17, 15) is 9.59 Å². The highest BCUT2D eigenvalue weighted by molar-refractivity contribution is 5.96. The first-order chi connectivity index (χ1) is 17.9. The van der Waals surface area contributed by atoms with Crippen molar-refractivity contribution in [2.75, 3.05) is 37.5 Å². The number of aromatic nitrogens is 2. The van der Waals surface area contributed by atoms with E-state index in [1.165, 1.54) is 0 Å². The van der Waals surface area contributed by atoms with Gasteiger partial charge in [-0.25, -0.2) is 9.97 Å². The molecule has 1 aliphatic heterocycles. The average molecular weight is 505 g/mol. The maximum atomic E-state index is 12.2. The van der Waals surface area contributed by atoms with E-state index >= 15 is 0 Å². The van der Waals surface area contributed by atoms with E-state index in [4.69, 9.17) is 20.2 Å². The predicted molar refractivity (Wildman–Crippen MR) is 142 cm³/mol. The van der Waals surface area contributed by atoms with Crippen molar-refractivity contribution in [2.45, 2.75) is 45.6 Å². The van der Waals surface area contributed by atoms with Gasteiger partial charge in [-0.15, -0.1) is 0 Å². The lowest BCUT2D eigenvalue weighted by atomic mass is 10.1. The van der Waals surface area contributed by atoms with Gasteiger partial charge in [-0.3, -0.25) is 9.59 Å². The van der Waals surface area contributed by atoms with Crippen LogP contribution >= 0.6 is 0 Å². The average Bonchev–Trinajstić information content (AvgIpc) is 2.89. The molecule has 1 aliphatic rings. The molecule has 2 amide bonds. The van der Waals surface area contributed by atoms with E-state index in [0.29, 0.717) is 61.1 Å². The summed E-state index contributed by atoms with van der Waals surface area (Å²) in [4.78, 5) is 32.9. The molecule has 37 heavy (non-hydrogen) atoms. The van der Waals surface area contributed by atoms with Crippen molar-refractivity contribution in [2.24, 2.45) is 5.73 Å². The number of methoxy groups -OCH3 is 1. The van der Waals surface area contributed by atoms with Crippen molar-refractivity contribution < 1.29 is 19.1 Å². The molecule has 1 fully saturated rings. The third-order valence-electron chi connectivity index (χ3n) is 5.51. The molecular weight excluding hydrogens is 472 g/mol. The SMILES string of the molecule is CC#CC(=O)NCCC#Cc1cc(Nc2nc(NC3CCOCC3)c(CC)nc2C(N)=O)cc(OC)c1. The maximum absolute atomic E-state index is 12.2. The number of nitrogens with zero attached hydrogens (tertiary/aromatic N) is 2. The molecule has 2 heterocycles. The maximum Gasteiger partial charge on any atom is 0.295 e. The lowest BCUT2D eigenvalue weighted by Gasteiger charge is -2.25. The second-order valence-electron chi connectivity index (χ2n) is 8.22. The second-order valence-corrected chi connectivity index (χ2v) is 8.22. The number of aryl methyl sites for hydroxylation is 1. The quantitative estimate of drug-likeness (QED) is 0.301. The van der Waals surface area contributed by atoms with Crippen LogP contribution in [0.5, 0.6) is 5.75 Å². The molecule has 1 aromatic carbocycles. The Morgan fingerprint density at radius 2 is 1.97 bits per heavy atom. The number of nitrogens with two attached hydrogens (primary N) is 1. The van der Waals surface area contributed by atoms with Gasteiger partial charge in [0.2, 0.25) is 0 Å². The molecule has 0 bridgehead atoms. The van der Waals surface area contributed by atoms with Crippen LogP contribution in [0.15, 0.2) is 18.2 Å².